The first-order valence-corrected chi connectivity index (χ1v) is 16.8. The van der Waals surface area contributed by atoms with Crippen LogP contribution in [0.1, 0.15) is 0 Å². The van der Waals surface area contributed by atoms with Crippen molar-refractivity contribution in [2.45, 2.75) is 0 Å². The van der Waals surface area contributed by atoms with E-state index in [9.17, 15) is 0 Å². The van der Waals surface area contributed by atoms with Crippen LogP contribution in [-0.4, -0.2) is 7.11 Å². The Morgan fingerprint density at radius 3 is 0.820 bits per heavy atom. The standard InChI is InChI=1S/C48H31NO/c1-49-35-27-23-33(24-28-35)47-41-15-7-3-11-37(41)45(38-12-4-8-16-42(38)47)31-19-21-32(22-20-31)46-39-13-5-9-17-43(39)48(44-18-10-6-14-40(44)46)34-25-29-36(50-2)30-26-34/h3-30H,2H3. The molecule has 2 nitrogen and oxygen atoms in total. The summed E-state index contributed by atoms with van der Waals surface area (Å²) in [6.07, 6.45) is 0. The van der Waals surface area contributed by atoms with Gasteiger partial charge < -0.3 is 4.74 Å². The Kier molecular flexibility index (Phi) is 7.12. The monoisotopic (exact) mass is 637 g/mol. The minimum atomic E-state index is 0.648. The third-order valence-electron chi connectivity index (χ3n) is 9.99. The largest absolute Gasteiger partial charge is 0.497 e. The van der Waals surface area contributed by atoms with Gasteiger partial charge in [-0.25, -0.2) is 4.85 Å². The summed E-state index contributed by atoms with van der Waals surface area (Å²) in [4.78, 5) is 3.62. The Morgan fingerprint density at radius 1 is 0.340 bits per heavy atom. The minimum absolute atomic E-state index is 0.648. The number of hydrogen-bond donors (Lipinski definition) is 0. The van der Waals surface area contributed by atoms with E-state index in [4.69, 9.17) is 11.3 Å². The van der Waals surface area contributed by atoms with E-state index in [1.807, 2.05) is 24.3 Å². The highest BCUT2D eigenvalue weighted by Gasteiger charge is 2.19. The smallest absolute Gasteiger partial charge is 0.187 e. The molecular weight excluding hydrogens is 607 g/mol. The molecule has 0 fully saturated rings. The highest BCUT2D eigenvalue weighted by molar-refractivity contribution is 6.23. The van der Waals surface area contributed by atoms with Crippen LogP contribution in [0.3, 0.4) is 0 Å². The predicted octanol–water partition coefficient (Wildman–Crippen LogP) is 13.5. The second-order valence-electron chi connectivity index (χ2n) is 12.6. The Bertz CT molecular complexity index is 2660. The number of ether oxygens (including phenoxy) is 1. The van der Waals surface area contributed by atoms with Crippen molar-refractivity contribution in [3.63, 3.8) is 0 Å². The molecule has 0 aliphatic heterocycles. The summed E-state index contributed by atoms with van der Waals surface area (Å²) >= 11 is 0. The molecule has 9 rings (SSSR count). The summed E-state index contributed by atoms with van der Waals surface area (Å²) in [6.45, 7) is 7.43. The molecule has 0 spiro atoms. The lowest BCUT2D eigenvalue weighted by atomic mass is 9.84. The third-order valence-corrected chi connectivity index (χ3v) is 9.99. The van der Waals surface area contributed by atoms with Gasteiger partial charge in [0.15, 0.2) is 5.69 Å². The molecule has 9 aromatic carbocycles. The number of methoxy groups -OCH3 is 1. The number of hydrogen-bond acceptors (Lipinski definition) is 1. The lowest BCUT2D eigenvalue weighted by molar-refractivity contribution is 0.415. The van der Waals surface area contributed by atoms with Gasteiger partial charge in [-0.15, -0.1) is 0 Å². The Balaban J connectivity index is 1.25. The van der Waals surface area contributed by atoms with Gasteiger partial charge in [-0.05, 0) is 99.7 Å². The molecule has 50 heavy (non-hydrogen) atoms. The summed E-state index contributed by atoms with van der Waals surface area (Å²) in [6, 6.07) is 60.5. The van der Waals surface area contributed by atoms with Gasteiger partial charge in [0.2, 0.25) is 0 Å². The normalized spacial score (nSPS) is 11.3. The fourth-order valence-electron chi connectivity index (χ4n) is 7.76. The van der Waals surface area contributed by atoms with Gasteiger partial charge in [0.1, 0.15) is 5.75 Å². The SMILES string of the molecule is [C-]#[N+]c1ccc(-c2c3ccccc3c(-c3ccc(-c4c5ccccc5c(-c5ccc(OC)cc5)c5ccccc45)cc3)c3ccccc23)cc1. The van der Waals surface area contributed by atoms with Crippen LogP contribution in [0.2, 0.25) is 0 Å². The lowest BCUT2D eigenvalue weighted by Gasteiger charge is -2.19. The maximum absolute atomic E-state index is 7.43. The van der Waals surface area contributed by atoms with E-state index in [0.717, 1.165) is 11.3 Å². The van der Waals surface area contributed by atoms with E-state index in [0.29, 0.717) is 5.69 Å². The van der Waals surface area contributed by atoms with Crippen molar-refractivity contribution in [3.05, 3.63) is 181 Å². The fraction of sp³-hybridized carbons (Fsp3) is 0.0208. The van der Waals surface area contributed by atoms with Crippen molar-refractivity contribution in [3.8, 4) is 50.3 Å². The van der Waals surface area contributed by atoms with Crippen molar-refractivity contribution in [1.29, 1.82) is 0 Å². The van der Waals surface area contributed by atoms with Gasteiger partial charge in [0.25, 0.3) is 0 Å². The third kappa shape index (κ3) is 4.72. The van der Waals surface area contributed by atoms with Crippen LogP contribution < -0.4 is 4.74 Å². The molecule has 0 heterocycles. The highest BCUT2D eigenvalue weighted by Crippen LogP contribution is 2.46. The minimum Gasteiger partial charge on any atom is -0.497 e. The van der Waals surface area contributed by atoms with Gasteiger partial charge in [0, 0.05) is 0 Å². The van der Waals surface area contributed by atoms with Crippen LogP contribution in [0.5, 0.6) is 5.75 Å². The Labute approximate surface area is 291 Å². The molecule has 9 aromatic rings. The zero-order valence-electron chi connectivity index (χ0n) is 27.5. The van der Waals surface area contributed by atoms with Gasteiger partial charge in [0.05, 0.1) is 13.7 Å². The predicted molar refractivity (Wildman–Crippen MR) is 211 cm³/mol. The molecule has 0 aliphatic carbocycles. The lowest BCUT2D eigenvalue weighted by Crippen LogP contribution is -1.92. The molecule has 0 atom stereocenters. The highest BCUT2D eigenvalue weighted by atomic mass is 16.5. The fourth-order valence-corrected chi connectivity index (χ4v) is 7.76. The van der Waals surface area contributed by atoms with E-state index < -0.39 is 0 Å². The summed E-state index contributed by atoms with van der Waals surface area (Å²) in [5, 5.41) is 9.74. The molecule has 2 heteroatoms. The van der Waals surface area contributed by atoms with Crippen LogP contribution in [0.15, 0.2) is 170 Å². The van der Waals surface area contributed by atoms with Crippen molar-refractivity contribution >= 4 is 48.8 Å². The first-order chi connectivity index (χ1) is 24.7. The van der Waals surface area contributed by atoms with Gasteiger partial charge in [-0.3, -0.25) is 0 Å². The average Bonchev–Trinajstić information content (AvgIpc) is 3.19. The van der Waals surface area contributed by atoms with Crippen molar-refractivity contribution in [1.82, 2.24) is 0 Å². The summed E-state index contributed by atoms with van der Waals surface area (Å²) in [5.74, 6) is 0.851. The van der Waals surface area contributed by atoms with Gasteiger partial charge >= 0.3 is 0 Å². The molecule has 0 N–H and O–H groups in total. The van der Waals surface area contributed by atoms with Crippen LogP contribution >= 0.6 is 0 Å². The quantitative estimate of drug-likeness (QED) is 0.135. The first kappa shape index (κ1) is 29.4. The molecule has 234 valence electrons. The molecule has 0 bridgehead atoms. The zero-order valence-corrected chi connectivity index (χ0v) is 27.5. The zero-order chi connectivity index (χ0) is 33.6. The summed E-state index contributed by atoms with van der Waals surface area (Å²) < 4.78 is 5.47. The van der Waals surface area contributed by atoms with E-state index in [1.54, 1.807) is 7.11 Å². The topological polar surface area (TPSA) is 13.6 Å². The van der Waals surface area contributed by atoms with Crippen LogP contribution in [0.25, 0.3) is 92.4 Å². The maximum Gasteiger partial charge on any atom is 0.187 e. The Hall–Kier alpha value is -6.69. The molecule has 0 radical (unpaired) electrons. The molecule has 0 unspecified atom stereocenters. The molecule has 0 saturated carbocycles. The van der Waals surface area contributed by atoms with Crippen molar-refractivity contribution < 1.29 is 4.74 Å². The van der Waals surface area contributed by atoms with Crippen LogP contribution in [-0.2, 0) is 0 Å². The molecule has 0 aliphatic rings. The summed E-state index contributed by atoms with van der Waals surface area (Å²) in [5.41, 5.74) is 10.2. The van der Waals surface area contributed by atoms with Gasteiger partial charge in [-0.1, -0.05) is 158 Å². The number of nitrogens with zero attached hydrogens (tertiary/aromatic N) is 1. The second kappa shape index (κ2) is 12.1. The average molecular weight is 638 g/mol. The molecule has 0 aromatic heterocycles. The number of rotatable bonds is 5. The molecular formula is C48H31NO. The van der Waals surface area contributed by atoms with Gasteiger partial charge in [-0.2, -0.15) is 0 Å². The number of fused-ring (bicyclic) bond motifs is 4. The maximum atomic E-state index is 7.43. The van der Waals surface area contributed by atoms with E-state index in [2.05, 4.69) is 150 Å². The van der Waals surface area contributed by atoms with Crippen molar-refractivity contribution in [2.75, 3.05) is 7.11 Å². The molecule has 0 saturated heterocycles. The number of benzene rings is 9. The van der Waals surface area contributed by atoms with Crippen LogP contribution in [0.4, 0.5) is 5.69 Å². The molecule has 0 amide bonds. The Morgan fingerprint density at radius 2 is 0.580 bits per heavy atom. The van der Waals surface area contributed by atoms with E-state index >= 15 is 0 Å². The van der Waals surface area contributed by atoms with E-state index in [1.165, 1.54) is 82.0 Å². The van der Waals surface area contributed by atoms with E-state index in [-0.39, 0.29) is 0 Å². The second-order valence-corrected chi connectivity index (χ2v) is 12.6. The van der Waals surface area contributed by atoms with Crippen LogP contribution in [0, 0.1) is 6.57 Å². The van der Waals surface area contributed by atoms with Crippen molar-refractivity contribution in [2.24, 2.45) is 0 Å². The first-order valence-electron chi connectivity index (χ1n) is 16.8. The summed E-state index contributed by atoms with van der Waals surface area (Å²) in [7, 11) is 1.71.